The number of nitrogens with one attached hydrogen (secondary N) is 1. The Hall–Kier alpha value is -2.02. The first kappa shape index (κ1) is 13.9. The number of piperidine rings is 1. The van der Waals surface area contributed by atoms with Crippen LogP contribution in [0, 0.1) is 0 Å². The van der Waals surface area contributed by atoms with Crippen molar-refractivity contribution in [3.05, 3.63) is 40.6 Å². The highest BCUT2D eigenvalue weighted by Gasteiger charge is 2.23. The molecule has 112 valence electrons. The first-order valence-corrected chi connectivity index (χ1v) is 7.43. The lowest BCUT2D eigenvalue weighted by Gasteiger charge is -2.21. The van der Waals surface area contributed by atoms with E-state index in [1.807, 2.05) is 6.92 Å². The molecule has 1 N–H and O–H groups in total. The second kappa shape index (κ2) is 6.17. The van der Waals surface area contributed by atoms with Gasteiger partial charge in [0.05, 0.1) is 0 Å². The van der Waals surface area contributed by atoms with Gasteiger partial charge in [-0.15, -0.1) is 0 Å². The molecule has 1 saturated heterocycles. The molecule has 0 aliphatic carbocycles. The second-order valence-electron chi connectivity index (χ2n) is 5.25. The molecule has 21 heavy (non-hydrogen) atoms. The number of rotatable bonds is 4. The molecule has 1 fully saturated rings. The van der Waals surface area contributed by atoms with Gasteiger partial charge in [0.2, 0.25) is 0 Å². The number of hydrogen-bond acceptors (Lipinski definition) is 5. The van der Waals surface area contributed by atoms with Crippen LogP contribution >= 0.6 is 0 Å². The molecule has 0 spiro atoms. The van der Waals surface area contributed by atoms with E-state index >= 15 is 0 Å². The van der Waals surface area contributed by atoms with Gasteiger partial charge in [-0.25, -0.2) is 19.4 Å². The van der Waals surface area contributed by atoms with E-state index in [2.05, 4.69) is 20.4 Å². The monoisotopic (exact) mass is 288 g/mol. The number of aromatic nitrogens is 5. The maximum Gasteiger partial charge on any atom is 0.346 e. The Morgan fingerprint density at radius 3 is 2.86 bits per heavy atom. The minimum absolute atomic E-state index is 0.0782. The molecule has 0 unspecified atom stereocenters. The molecule has 1 atom stereocenters. The van der Waals surface area contributed by atoms with Crippen molar-refractivity contribution in [1.29, 1.82) is 0 Å². The summed E-state index contributed by atoms with van der Waals surface area (Å²) in [6, 6.07) is 1.76. The quantitative estimate of drug-likeness (QED) is 0.879. The first-order valence-electron chi connectivity index (χ1n) is 7.43. The fraction of sp³-hybridized carbons (Fsp3) is 0.571. The highest BCUT2D eigenvalue weighted by Crippen LogP contribution is 2.20. The van der Waals surface area contributed by atoms with Crippen molar-refractivity contribution in [2.75, 3.05) is 13.1 Å². The van der Waals surface area contributed by atoms with E-state index in [9.17, 15) is 4.79 Å². The minimum Gasteiger partial charge on any atom is -0.316 e. The maximum atomic E-state index is 12.5. The summed E-state index contributed by atoms with van der Waals surface area (Å²) in [4.78, 5) is 20.8. The summed E-state index contributed by atoms with van der Waals surface area (Å²) in [6.45, 7) is 4.87. The Kier molecular flexibility index (Phi) is 4.10. The molecule has 0 amide bonds. The van der Waals surface area contributed by atoms with Crippen LogP contribution in [0.5, 0.6) is 0 Å². The summed E-state index contributed by atoms with van der Waals surface area (Å²) in [5.41, 5.74) is -0.0782. The highest BCUT2D eigenvalue weighted by atomic mass is 16.2. The van der Waals surface area contributed by atoms with Crippen molar-refractivity contribution in [2.45, 2.75) is 38.8 Å². The second-order valence-corrected chi connectivity index (χ2v) is 5.25. The first-order chi connectivity index (χ1) is 10.3. The van der Waals surface area contributed by atoms with Gasteiger partial charge in [0.25, 0.3) is 0 Å². The summed E-state index contributed by atoms with van der Waals surface area (Å²) < 4.78 is 3.24. The molecule has 1 aliphatic rings. The zero-order chi connectivity index (χ0) is 14.7. The third-order valence-electron chi connectivity index (χ3n) is 3.84. The molecule has 0 saturated carbocycles. The van der Waals surface area contributed by atoms with E-state index in [0.717, 1.165) is 31.8 Å². The lowest BCUT2D eigenvalue weighted by atomic mass is 9.99. The van der Waals surface area contributed by atoms with Crippen LogP contribution < -0.4 is 11.0 Å². The molecule has 1 aliphatic heterocycles. The van der Waals surface area contributed by atoms with E-state index in [1.165, 1.54) is 4.68 Å². The van der Waals surface area contributed by atoms with Crippen molar-refractivity contribution in [2.24, 2.45) is 0 Å². The molecule has 2 aromatic heterocycles. The summed E-state index contributed by atoms with van der Waals surface area (Å²) in [5, 5.41) is 7.92. The van der Waals surface area contributed by atoms with Gasteiger partial charge in [0, 0.05) is 31.4 Å². The van der Waals surface area contributed by atoms with Crippen molar-refractivity contribution in [3.8, 4) is 0 Å². The fourth-order valence-electron chi connectivity index (χ4n) is 2.78. The predicted molar refractivity (Wildman–Crippen MR) is 78.1 cm³/mol. The van der Waals surface area contributed by atoms with Crippen LogP contribution in [0.25, 0.3) is 0 Å². The average molecular weight is 288 g/mol. The van der Waals surface area contributed by atoms with Gasteiger partial charge in [-0.1, -0.05) is 0 Å². The van der Waals surface area contributed by atoms with Crippen LogP contribution in [0.1, 0.15) is 37.3 Å². The van der Waals surface area contributed by atoms with Crippen LogP contribution in [-0.4, -0.2) is 37.4 Å². The summed E-state index contributed by atoms with van der Waals surface area (Å²) in [7, 11) is 0. The van der Waals surface area contributed by atoms with E-state index < -0.39 is 0 Å². The Morgan fingerprint density at radius 1 is 1.38 bits per heavy atom. The minimum atomic E-state index is -0.0782. The van der Waals surface area contributed by atoms with Crippen LogP contribution in [0.15, 0.2) is 23.3 Å². The number of nitrogens with zero attached hydrogens (tertiary/aromatic N) is 5. The highest BCUT2D eigenvalue weighted by molar-refractivity contribution is 5.01. The maximum absolute atomic E-state index is 12.5. The van der Waals surface area contributed by atoms with Gasteiger partial charge in [-0.3, -0.25) is 4.57 Å². The van der Waals surface area contributed by atoms with E-state index in [-0.39, 0.29) is 5.69 Å². The fourth-order valence-corrected chi connectivity index (χ4v) is 2.78. The molecule has 0 aromatic carbocycles. The molecule has 0 radical (unpaired) electrons. The average Bonchev–Trinajstić information content (AvgIpc) is 2.85. The smallest absolute Gasteiger partial charge is 0.316 e. The van der Waals surface area contributed by atoms with Crippen molar-refractivity contribution in [3.63, 3.8) is 0 Å². The van der Waals surface area contributed by atoms with Gasteiger partial charge in [-0.2, -0.15) is 5.10 Å². The predicted octanol–water partition coefficient (Wildman–Crippen LogP) is 0.370. The van der Waals surface area contributed by atoms with E-state index in [1.54, 1.807) is 23.0 Å². The topological polar surface area (TPSA) is 77.6 Å². The van der Waals surface area contributed by atoms with Gasteiger partial charge in [-0.05, 0) is 32.4 Å². The standard InChI is InChI=1S/C14H20N6O/c1-2-19-13(11-5-3-6-15-9-11)18-20(14(19)21)10-12-16-7-4-8-17-12/h4,7-8,11,15H,2-3,5-6,9-10H2,1H3/t11-/m0/s1. The zero-order valence-corrected chi connectivity index (χ0v) is 12.2. The summed E-state index contributed by atoms with van der Waals surface area (Å²) in [5.74, 6) is 1.80. The molecule has 2 aromatic rings. The third-order valence-corrected chi connectivity index (χ3v) is 3.84. The Morgan fingerprint density at radius 2 is 2.19 bits per heavy atom. The van der Waals surface area contributed by atoms with Crippen LogP contribution in [0.4, 0.5) is 0 Å². The SMILES string of the molecule is CCn1c([C@H]2CCCNC2)nn(Cc2ncccn2)c1=O. The van der Waals surface area contributed by atoms with Gasteiger partial charge < -0.3 is 5.32 Å². The van der Waals surface area contributed by atoms with E-state index in [4.69, 9.17) is 0 Å². The molecule has 0 bridgehead atoms. The normalized spacial score (nSPS) is 18.8. The Balaban J connectivity index is 1.91. The van der Waals surface area contributed by atoms with Gasteiger partial charge >= 0.3 is 5.69 Å². The van der Waals surface area contributed by atoms with Crippen LogP contribution in [0.2, 0.25) is 0 Å². The van der Waals surface area contributed by atoms with Gasteiger partial charge in [0.15, 0.2) is 0 Å². The van der Waals surface area contributed by atoms with Gasteiger partial charge in [0.1, 0.15) is 18.2 Å². The molecular formula is C14H20N6O. The third kappa shape index (κ3) is 2.87. The number of hydrogen-bond donors (Lipinski definition) is 1. The molecule has 7 nitrogen and oxygen atoms in total. The lowest BCUT2D eigenvalue weighted by Crippen LogP contribution is -2.31. The van der Waals surface area contributed by atoms with Crippen molar-refractivity contribution >= 4 is 0 Å². The largest absolute Gasteiger partial charge is 0.346 e. The summed E-state index contributed by atoms with van der Waals surface area (Å²) in [6.07, 6.45) is 5.55. The lowest BCUT2D eigenvalue weighted by molar-refractivity contribution is 0.431. The molecule has 3 rings (SSSR count). The zero-order valence-electron chi connectivity index (χ0n) is 12.2. The van der Waals surface area contributed by atoms with Crippen LogP contribution in [0.3, 0.4) is 0 Å². The summed E-state index contributed by atoms with van der Waals surface area (Å²) >= 11 is 0. The Labute approximate surface area is 123 Å². The molecule has 7 heteroatoms. The van der Waals surface area contributed by atoms with Crippen molar-refractivity contribution < 1.29 is 0 Å². The molecular weight excluding hydrogens is 268 g/mol. The Bertz CT molecular complexity index is 641. The van der Waals surface area contributed by atoms with Crippen molar-refractivity contribution in [1.82, 2.24) is 29.6 Å². The van der Waals surface area contributed by atoms with Crippen LogP contribution in [-0.2, 0) is 13.1 Å². The van der Waals surface area contributed by atoms with E-state index in [0.29, 0.717) is 24.8 Å². The molecule has 3 heterocycles.